The van der Waals surface area contributed by atoms with Gasteiger partial charge in [-0.3, -0.25) is 0 Å². The second kappa shape index (κ2) is 8.70. The number of rotatable bonds is 8. The summed E-state index contributed by atoms with van der Waals surface area (Å²) in [6.45, 7) is 11.9. The Morgan fingerprint density at radius 1 is 1.10 bits per heavy atom. The number of hydrogen-bond donors (Lipinski definition) is 0. The summed E-state index contributed by atoms with van der Waals surface area (Å²) in [4.78, 5) is 0. The van der Waals surface area contributed by atoms with E-state index in [1.165, 1.54) is 51.4 Å². The van der Waals surface area contributed by atoms with Crippen LogP contribution < -0.4 is 0 Å². The Labute approximate surface area is 127 Å². The van der Waals surface area contributed by atoms with Gasteiger partial charge >= 0.3 is 0 Å². The van der Waals surface area contributed by atoms with Crippen LogP contribution in [0, 0.1) is 17.3 Å². The number of allylic oxidation sites excluding steroid dienone is 4. The Morgan fingerprint density at radius 2 is 1.75 bits per heavy atom. The minimum Gasteiger partial charge on any atom is -0.0813 e. The SMILES string of the molecule is CCCC(C)CC1=CCCC(C)(CC(C)CCC)C=C1. The quantitative estimate of drug-likeness (QED) is 0.451. The summed E-state index contributed by atoms with van der Waals surface area (Å²) in [5, 5.41) is 0. The molecule has 0 N–H and O–H groups in total. The molecule has 0 spiro atoms. The van der Waals surface area contributed by atoms with Crippen LogP contribution >= 0.6 is 0 Å². The standard InChI is InChI=1S/C20H36/c1-6-9-17(3)15-19-11-8-13-20(5,14-12-19)16-18(4)10-7-2/h11-12,14,17-18H,6-10,13,15-16H2,1-5H3. The van der Waals surface area contributed by atoms with Crippen molar-refractivity contribution in [3.8, 4) is 0 Å². The first-order valence-corrected chi connectivity index (χ1v) is 8.87. The van der Waals surface area contributed by atoms with Crippen molar-refractivity contribution in [2.45, 2.75) is 86.0 Å². The van der Waals surface area contributed by atoms with Gasteiger partial charge in [-0.15, -0.1) is 0 Å². The van der Waals surface area contributed by atoms with Crippen molar-refractivity contribution in [3.05, 3.63) is 23.8 Å². The summed E-state index contributed by atoms with van der Waals surface area (Å²) in [5.74, 6) is 1.69. The van der Waals surface area contributed by atoms with E-state index in [-0.39, 0.29) is 0 Å². The molecule has 1 aliphatic rings. The van der Waals surface area contributed by atoms with Gasteiger partial charge in [0.15, 0.2) is 0 Å². The molecule has 1 rings (SSSR count). The van der Waals surface area contributed by atoms with E-state index in [4.69, 9.17) is 0 Å². The lowest BCUT2D eigenvalue weighted by Crippen LogP contribution is -2.16. The van der Waals surface area contributed by atoms with Gasteiger partial charge in [-0.25, -0.2) is 0 Å². The zero-order chi connectivity index (χ0) is 15.0. The van der Waals surface area contributed by atoms with Gasteiger partial charge in [0.25, 0.3) is 0 Å². The van der Waals surface area contributed by atoms with E-state index in [1.807, 2.05) is 0 Å². The lowest BCUT2D eigenvalue weighted by molar-refractivity contribution is 0.291. The molecule has 20 heavy (non-hydrogen) atoms. The molecule has 0 aromatic carbocycles. The molecular formula is C20H36. The van der Waals surface area contributed by atoms with E-state index in [0.29, 0.717) is 5.41 Å². The lowest BCUT2D eigenvalue weighted by Gasteiger charge is -2.28. The fraction of sp³-hybridized carbons (Fsp3) is 0.800. The summed E-state index contributed by atoms with van der Waals surface area (Å²) in [7, 11) is 0. The minimum atomic E-state index is 0.417. The van der Waals surface area contributed by atoms with Gasteiger partial charge in [0.05, 0.1) is 0 Å². The van der Waals surface area contributed by atoms with Crippen LogP contribution in [0.3, 0.4) is 0 Å². The van der Waals surface area contributed by atoms with Crippen molar-refractivity contribution in [1.29, 1.82) is 0 Å². The van der Waals surface area contributed by atoms with Crippen molar-refractivity contribution >= 4 is 0 Å². The third-order valence-electron chi connectivity index (χ3n) is 4.78. The monoisotopic (exact) mass is 276 g/mol. The Balaban J connectivity index is 2.56. The summed E-state index contributed by atoms with van der Waals surface area (Å²) in [5.41, 5.74) is 2.00. The van der Waals surface area contributed by atoms with Gasteiger partial charge in [-0.05, 0) is 42.9 Å². The highest BCUT2D eigenvalue weighted by Gasteiger charge is 2.24. The van der Waals surface area contributed by atoms with Crippen LogP contribution in [-0.4, -0.2) is 0 Å². The van der Waals surface area contributed by atoms with Crippen molar-refractivity contribution in [1.82, 2.24) is 0 Å². The molecule has 0 radical (unpaired) electrons. The highest BCUT2D eigenvalue weighted by Crippen LogP contribution is 2.37. The van der Waals surface area contributed by atoms with Crippen molar-refractivity contribution in [3.63, 3.8) is 0 Å². The van der Waals surface area contributed by atoms with Gasteiger partial charge in [-0.1, -0.05) is 84.1 Å². The molecule has 116 valence electrons. The summed E-state index contributed by atoms with van der Waals surface area (Å²) in [6, 6.07) is 0. The van der Waals surface area contributed by atoms with Crippen LogP contribution in [0.15, 0.2) is 23.8 Å². The zero-order valence-corrected chi connectivity index (χ0v) is 14.5. The molecule has 0 amide bonds. The van der Waals surface area contributed by atoms with Crippen LogP contribution in [0.5, 0.6) is 0 Å². The maximum Gasteiger partial charge on any atom is -0.0138 e. The molecule has 3 atom stereocenters. The molecule has 0 aromatic rings. The molecule has 0 heterocycles. The first-order chi connectivity index (χ1) is 9.49. The van der Waals surface area contributed by atoms with E-state index >= 15 is 0 Å². The molecule has 1 aliphatic carbocycles. The Kier molecular flexibility index (Phi) is 7.62. The molecule has 0 bridgehead atoms. The fourth-order valence-electron chi connectivity index (χ4n) is 3.76. The van der Waals surface area contributed by atoms with E-state index < -0.39 is 0 Å². The molecule has 0 nitrogen and oxygen atoms in total. The van der Waals surface area contributed by atoms with Crippen molar-refractivity contribution < 1.29 is 0 Å². The maximum atomic E-state index is 2.52. The summed E-state index contributed by atoms with van der Waals surface area (Å²) in [6.07, 6.45) is 18.0. The van der Waals surface area contributed by atoms with Crippen LogP contribution in [0.2, 0.25) is 0 Å². The smallest absolute Gasteiger partial charge is 0.0138 e. The van der Waals surface area contributed by atoms with Gasteiger partial charge < -0.3 is 0 Å². The Bertz CT molecular complexity index is 323. The normalized spacial score (nSPS) is 25.9. The highest BCUT2D eigenvalue weighted by atomic mass is 14.3. The first-order valence-electron chi connectivity index (χ1n) is 8.87. The topological polar surface area (TPSA) is 0 Å². The van der Waals surface area contributed by atoms with Crippen molar-refractivity contribution in [2.24, 2.45) is 17.3 Å². The van der Waals surface area contributed by atoms with E-state index in [1.54, 1.807) is 5.57 Å². The third kappa shape index (κ3) is 6.29. The molecule has 0 saturated heterocycles. The van der Waals surface area contributed by atoms with Crippen LogP contribution in [-0.2, 0) is 0 Å². The van der Waals surface area contributed by atoms with E-state index in [0.717, 1.165) is 11.8 Å². The predicted molar refractivity (Wildman–Crippen MR) is 91.9 cm³/mol. The molecular weight excluding hydrogens is 240 g/mol. The van der Waals surface area contributed by atoms with Gasteiger partial charge in [0, 0.05) is 0 Å². The second-order valence-electron chi connectivity index (χ2n) is 7.50. The largest absolute Gasteiger partial charge is 0.0813 e. The average Bonchev–Trinajstić information content (AvgIpc) is 2.52. The van der Waals surface area contributed by atoms with Gasteiger partial charge in [0.2, 0.25) is 0 Å². The molecule has 0 heteroatoms. The predicted octanol–water partition coefficient (Wildman–Crippen LogP) is 6.92. The van der Waals surface area contributed by atoms with E-state index in [2.05, 4.69) is 52.8 Å². The molecule has 0 saturated carbocycles. The Morgan fingerprint density at radius 3 is 2.40 bits per heavy atom. The van der Waals surface area contributed by atoms with Gasteiger partial charge in [-0.2, -0.15) is 0 Å². The van der Waals surface area contributed by atoms with Crippen LogP contribution in [0.4, 0.5) is 0 Å². The summed E-state index contributed by atoms with van der Waals surface area (Å²) >= 11 is 0. The first kappa shape index (κ1) is 17.5. The van der Waals surface area contributed by atoms with Gasteiger partial charge in [0.1, 0.15) is 0 Å². The maximum absolute atomic E-state index is 2.52. The summed E-state index contributed by atoms with van der Waals surface area (Å²) < 4.78 is 0. The lowest BCUT2D eigenvalue weighted by atomic mass is 9.77. The molecule has 0 aliphatic heterocycles. The Hall–Kier alpha value is -0.520. The van der Waals surface area contributed by atoms with Crippen molar-refractivity contribution in [2.75, 3.05) is 0 Å². The molecule has 3 unspecified atom stereocenters. The zero-order valence-electron chi connectivity index (χ0n) is 14.5. The minimum absolute atomic E-state index is 0.417. The van der Waals surface area contributed by atoms with E-state index in [9.17, 15) is 0 Å². The molecule has 0 aromatic heterocycles. The van der Waals surface area contributed by atoms with Crippen LogP contribution in [0.1, 0.15) is 86.0 Å². The third-order valence-corrected chi connectivity index (χ3v) is 4.78. The molecule has 0 fully saturated rings. The highest BCUT2D eigenvalue weighted by molar-refractivity contribution is 5.23. The number of hydrogen-bond acceptors (Lipinski definition) is 0. The average molecular weight is 277 g/mol. The second-order valence-corrected chi connectivity index (χ2v) is 7.50. The fourth-order valence-corrected chi connectivity index (χ4v) is 3.76. The van der Waals surface area contributed by atoms with Crippen LogP contribution in [0.25, 0.3) is 0 Å².